The summed E-state index contributed by atoms with van der Waals surface area (Å²) in [5.41, 5.74) is 1.93. The summed E-state index contributed by atoms with van der Waals surface area (Å²) < 4.78 is 2.75. The maximum absolute atomic E-state index is 9.72. The van der Waals surface area contributed by atoms with Crippen molar-refractivity contribution in [1.29, 1.82) is 0 Å². The van der Waals surface area contributed by atoms with Crippen molar-refractivity contribution in [2.24, 2.45) is 7.05 Å². The number of aliphatic hydroxyl groups excluding tert-OH is 2. The SMILES string of the molecule is Cc1nn(C)c(CC(O)CCCO)c1Br. The molecule has 1 aromatic rings. The van der Waals surface area contributed by atoms with Gasteiger partial charge in [-0.15, -0.1) is 0 Å². The molecule has 15 heavy (non-hydrogen) atoms. The standard InChI is InChI=1S/C10H17BrN2O2/c1-7-10(11)9(13(2)12-7)6-8(15)4-3-5-14/h8,14-15H,3-6H2,1-2H3. The van der Waals surface area contributed by atoms with Crippen molar-refractivity contribution in [2.75, 3.05) is 6.61 Å². The first-order valence-corrected chi connectivity index (χ1v) is 5.82. The Hall–Kier alpha value is -0.390. The van der Waals surface area contributed by atoms with Gasteiger partial charge in [0.25, 0.3) is 0 Å². The third-order valence-corrected chi connectivity index (χ3v) is 3.42. The van der Waals surface area contributed by atoms with Gasteiger partial charge in [0, 0.05) is 20.1 Å². The summed E-state index contributed by atoms with van der Waals surface area (Å²) in [6, 6.07) is 0. The molecule has 2 N–H and O–H groups in total. The summed E-state index contributed by atoms with van der Waals surface area (Å²) in [5, 5.41) is 22.6. The van der Waals surface area contributed by atoms with Gasteiger partial charge in [-0.2, -0.15) is 5.10 Å². The number of hydrogen-bond donors (Lipinski definition) is 2. The lowest BCUT2D eigenvalue weighted by Gasteiger charge is -2.10. The molecule has 86 valence electrons. The minimum absolute atomic E-state index is 0.128. The van der Waals surface area contributed by atoms with Crippen LogP contribution in [-0.4, -0.2) is 32.7 Å². The van der Waals surface area contributed by atoms with Gasteiger partial charge in [-0.3, -0.25) is 4.68 Å². The molecule has 0 aromatic carbocycles. The van der Waals surface area contributed by atoms with Crippen LogP contribution in [0.25, 0.3) is 0 Å². The normalized spacial score (nSPS) is 13.1. The molecule has 0 aliphatic rings. The van der Waals surface area contributed by atoms with Crippen molar-refractivity contribution >= 4 is 15.9 Å². The monoisotopic (exact) mass is 276 g/mol. The van der Waals surface area contributed by atoms with Crippen LogP contribution >= 0.6 is 15.9 Å². The zero-order valence-corrected chi connectivity index (χ0v) is 10.7. The Morgan fingerprint density at radius 1 is 1.53 bits per heavy atom. The molecule has 0 bridgehead atoms. The minimum Gasteiger partial charge on any atom is -0.396 e. The summed E-state index contributed by atoms with van der Waals surface area (Å²) >= 11 is 3.45. The predicted octanol–water partition coefficient (Wildman–Crippen LogP) is 1.17. The van der Waals surface area contributed by atoms with Gasteiger partial charge in [0.2, 0.25) is 0 Å². The van der Waals surface area contributed by atoms with Crippen LogP contribution in [0, 0.1) is 6.92 Å². The van der Waals surface area contributed by atoms with E-state index in [1.54, 1.807) is 4.68 Å². The summed E-state index contributed by atoms with van der Waals surface area (Å²) in [6.45, 7) is 2.05. The zero-order valence-electron chi connectivity index (χ0n) is 9.07. The molecule has 4 nitrogen and oxygen atoms in total. The van der Waals surface area contributed by atoms with Crippen molar-refractivity contribution in [3.63, 3.8) is 0 Å². The maximum atomic E-state index is 9.72. The first kappa shape index (κ1) is 12.7. The molecule has 0 saturated carbocycles. The molecule has 0 aliphatic carbocycles. The van der Waals surface area contributed by atoms with Crippen LogP contribution in [0.15, 0.2) is 4.47 Å². The van der Waals surface area contributed by atoms with E-state index in [0.29, 0.717) is 19.3 Å². The molecule has 5 heteroatoms. The van der Waals surface area contributed by atoms with E-state index in [4.69, 9.17) is 5.11 Å². The zero-order chi connectivity index (χ0) is 11.4. The number of aromatic nitrogens is 2. The lowest BCUT2D eigenvalue weighted by molar-refractivity contribution is 0.147. The van der Waals surface area contributed by atoms with Crippen LogP contribution < -0.4 is 0 Å². The Kier molecular flexibility index (Phi) is 4.76. The van der Waals surface area contributed by atoms with E-state index >= 15 is 0 Å². The highest BCUT2D eigenvalue weighted by atomic mass is 79.9. The lowest BCUT2D eigenvalue weighted by Crippen LogP contribution is -2.14. The van der Waals surface area contributed by atoms with E-state index in [1.165, 1.54) is 0 Å². The molecule has 1 atom stereocenters. The molecule has 0 radical (unpaired) electrons. The molecule has 0 fully saturated rings. The molecule has 0 amide bonds. The number of rotatable bonds is 5. The first-order chi connectivity index (χ1) is 7.06. The highest BCUT2D eigenvalue weighted by molar-refractivity contribution is 9.10. The molecule has 1 rings (SSSR count). The minimum atomic E-state index is -0.414. The van der Waals surface area contributed by atoms with Gasteiger partial charge >= 0.3 is 0 Å². The number of halogens is 1. The maximum Gasteiger partial charge on any atom is 0.0738 e. The third-order valence-electron chi connectivity index (χ3n) is 2.39. The number of aliphatic hydroxyl groups is 2. The van der Waals surface area contributed by atoms with E-state index in [0.717, 1.165) is 15.9 Å². The smallest absolute Gasteiger partial charge is 0.0738 e. The van der Waals surface area contributed by atoms with Crippen molar-refractivity contribution < 1.29 is 10.2 Å². The van der Waals surface area contributed by atoms with E-state index in [-0.39, 0.29) is 6.61 Å². The van der Waals surface area contributed by atoms with Crippen molar-refractivity contribution in [1.82, 2.24) is 9.78 Å². The number of hydrogen-bond acceptors (Lipinski definition) is 3. The quantitative estimate of drug-likeness (QED) is 0.849. The predicted molar refractivity (Wildman–Crippen MR) is 61.7 cm³/mol. The van der Waals surface area contributed by atoms with E-state index < -0.39 is 6.10 Å². The van der Waals surface area contributed by atoms with Crippen LogP contribution in [-0.2, 0) is 13.5 Å². The average molecular weight is 277 g/mol. The fourth-order valence-electron chi connectivity index (χ4n) is 1.55. The molecule has 1 unspecified atom stereocenters. The second kappa shape index (κ2) is 5.63. The summed E-state index contributed by atoms with van der Waals surface area (Å²) in [4.78, 5) is 0. The van der Waals surface area contributed by atoms with Gasteiger partial charge in [-0.1, -0.05) is 0 Å². The van der Waals surface area contributed by atoms with Gasteiger partial charge in [0.1, 0.15) is 0 Å². The van der Waals surface area contributed by atoms with Crippen molar-refractivity contribution in [3.8, 4) is 0 Å². The van der Waals surface area contributed by atoms with E-state index in [1.807, 2.05) is 14.0 Å². The molecule has 1 heterocycles. The Morgan fingerprint density at radius 3 is 2.67 bits per heavy atom. The summed E-state index contributed by atoms with van der Waals surface area (Å²) in [6.07, 6.45) is 1.41. The second-order valence-electron chi connectivity index (χ2n) is 3.69. The number of nitrogens with zero attached hydrogens (tertiary/aromatic N) is 2. The summed E-state index contributed by atoms with van der Waals surface area (Å²) in [7, 11) is 1.87. The third kappa shape index (κ3) is 3.29. The molecule has 0 aliphatic heterocycles. The Bertz CT molecular complexity index is 325. The number of aryl methyl sites for hydroxylation is 2. The largest absolute Gasteiger partial charge is 0.396 e. The van der Waals surface area contributed by atoms with E-state index in [9.17, 15) is 5.11 Å². The molecule has 1 aromatic heterocycles. The Balaban J connectivity index is 2.63. The van der Waals surface area contributed by atoms with Crippen molar-refractivity contribution in [2.45, 2.75) is 32.3 Å². The highest BCUT2D eigenvalue weighted by Gasteiger charge is 2.14. The van der Waals surface area contributed by atoms with Crippen LogP contribution in [0.1, 0.15) is 24.2 Å². The van der Waals surface area contributed by atoms with Crippen LogP contribution in [0.5, 0.6) is 0 Å². The molecule has 0 saturated heterocycles. The van der Waals surface area contributed by atoms with Crippen molar-refractivity contribution in [3.05, 3.63) is 15.9 Å². The fourth-order valence-corrected chi connectivity index (χ4v) is 2.05. The Labute approximate surface area is 98.0 Å². The highest BCUT2D eigenvalue weighted by Crippen LogP contribution is 2.22. The van der Waals surface area contributed by atoms with Gasteiger partial charge in [0.15, 0.2) is 0 Å². The average Bonchev–Trinajstić information content (AvgIpc) is 2.42. The summed E-state index contributed by atoms with van der Waals surface area (Å²) in [5.74, 6) is 0. The van der Waals surface area contributed by atoms with Crippen LogP contribution in [0.3, 0.4) is 0 Å². The topological polar surface area (TPSA) is 58.3 Å². The van der Waals surface area contributed by atoms with Gasteiger partial charge in [-0.05, 0) is 35.7 Å². The van der Waals surface area contributed by atoms with Gasteiger partial charge in [0.05, 0.1) is 22.0 Å². The van der Waals surface area contributed by atoms with E-state index in [2.05, 4.69) is 21.0 Å². The molecular weight excluding hydrogens is 260 g/mol. The Morgan fingerprint density at radius 2 is 2.20 bits per heavy atom. The lowest BCUT2D eigenvalue weighted by atomic mass is 10.1. The van der Waals surface area contributed by atoms with Gasteiger partial charge < -0.3 is 10.2 Å². The fraction of sp³-hybridized carbons (Fsp3) is 0.700. The molecule has 0 spiro atoms. The molecular formula is C10H17BrN2O2. The first-order valence-electron chi connectivity index (χ1n) is 5.03. The second-order valence-corrected chi connectivity index (χ2v) is 4.49. The van der Waals surface area contributed by atoms with Gasteiger partial charge in [-0.25, -0.2) is 0 Å². The van der Waals surface area contributed by atoms with Crippen LogP contribution in [0.2, 0.25) is 0 Å². The van der Waals surface area contributed by atoms with Crippen LogP contribution in [0.4, 0.5) is 0 Å².